The summed E-state index contributed by atoms with van der Waals surface area (Å²) in [7, 11) is 0. The molecule has 2 amide bonds. The lowest BCUT2D eigenvalue weighted by atomic mass is 9.92. The lowest BCUT2D eigenvalue weighted by Gasteiger charge is -2.27. The number of nitrogens with one attached hydrogen (secondary N) is 2. The summed E-state index contributed by atoms with van der Waals surface area (Å²) in [6, 6.07) is 2.55. The van der Waals surface area contributed by atoms with E-state index >= 15 is 0 Å². The number of aliphatic hydroxyl groups is 1. The molecule has 122 valence electrons. The zero-order valence-electron chi connectivity index (χ0n) is 12.7. The Hall–Kier alpha value is -2.02. The molecule has 0 saturated heterocycles. The second kappa shape index (κ2) is 7.31. The quantitative estimate of drug-likeness (QED) is 0.739. The van der Waals surface area contributed by atoms with Crippen LogP contribution in [0.5, 0.6) is 0 Å². The largest absolute Gasteiger partial charge is 0.388 e. The molecule has 0 radical (unpaired) electrons. The molecule has 0 spiro atoms. The summed E-state index contributed by atoms with van der Waals surface area (Å²) in [4.78, 5) is 23.3. The Balaban J connectivity index is 2.49. The van der Waals surface area contributed by atoms with Crippen molar-refractivity contribution in [3.05, 3.63) is 35.4 Å². The summed E-state index contributed by atoms with van der Waals surface area (Å²) in [5, 5.41) is 14.7. The average molecular weight is 314 g/mol. The highest BCUT2D eigenvalue weighted by atomic mass is 19.1. The number of amides is 2. The van der Waals surface area contributed by atoms with Crippen LogP contribution in [-0.4, -0.2) is 35.6 Å². The van der Waals surface area contributed by atoms with Gasteiger partial charge in [0.25, 0.3) is 5.91 Å². The molecule has 0 heterocycles. The minimum Gasteiger partial charge on any atom is -0.388 e. The summed E-state index contributed by atoms with van der Waals surface area (Å²) in [6.45, 7) is 4.87. The Morgan fingerprint density at radius 3 is 2.45 bits per heavy atom. The fraction of sp³-hybridized carbons (Fsp3) is 0.467. The molecule has 1 aromatic carbocycles. The predicted octanol–water partition coefficient (Wildman–Crippen LogP) is 1.22. The zero-order valence-corrected chi connectivity index (χ0v) is 12.7. The van der Waals surface area contributed by atoms with Crippen LogP contribution in [0.4, 0.5) is 8.78 Å². The summed E-state index contributed by atoms with van der Waals surface area (Å²) in [6.07, 6.45) is 0. The number of benzene rings is 1. The van der Waals surface area contributed by atoms with Crippen LogP contribution in [0, 0.1) is 17.6 Å². The Morgan fingerprint density at radius 2 is 1.91 bits per heavy atom. The van der Waals surface area contributed by atoms with Gasteiger partial charge in [-0.3, -0.25) is 9.59 Å². The molecule has 1 unspecified atom stereocenters. The first-order valence-corrected chi connectivity index (χ1v) is 6.86. The molecule has 22 heavy (non-hydrogen) atoms. The Morgan fingerprint density at radius 1 is 1.27 bits per heavy atom. The maximum Gasteiger partial charge on any atom is 0.254 e. The van der Waals surface area contributed by atoms with Gasteiger partial charge in [0.1, 0.15) is 11.6 Å². The number of halogens is 2. The van der Waals surface area contributed by atoms with Gasteiger partial charge in [0.05, 0.1) is 17.7 Å². The Labute approximate surface area is 127 Å². The fourth-order valence-corrected chi connectivity index (χ4v) is 1.47. The second-order valence-corrected chi connectivity index (χ2v) is 5.60. The van der Waals surface area contributed by atoms with E-state index in [2.05, 4.69) is 10.6 Å². The summed E-state index contributed by atoms with van der Waals surface area (Å²) >= 11 is 0. The van der Waals surface area contributed by atoms with Crippen molar-refractivity contribution in [2.45, 2.75) is 26.4 Å². The third kappa shape index (κ3) is 5.07. The van der Waals surface area contributed by atoms with Crippen molar-refractivity contribution in [2.75, 3.05) is 13.1 Å². The summed E-state index contributed by atoms with van der Waals surface area (Å²) in [5.41, 5.74) is -1.41. The molecule has 0 saturated carbocycles. The molecule has 0 aliphatic carbocycles. The number of rotatable bonds is 6. The molecule has 0 fully saturated rings. The Kier molecular flexibility index (Phi) is 5.99. The predicted molar refractivity (Wildman–Crippen MR) is 77.2 cm³/mol. The lowest BCUT2D eigenvalue weighted by molar-refractivity contribution is -0.121. The second-order valence-electron chi connectivity index (χ2n) is 5.60. The zero-order chi connectivity index (χ0) is 16.9. The molecule has 0 bridgehead atoms. The molecule has 0 aliphatic rings. The van der Waals surface area contributed by atoms with Crippen LogP contribution in [0.25, 0.3) is 0 Å². The van der Waals surface area contributed by atoms with Gasteiger partial charge in [-0.1, -0.05) is 13.8 Å². The fourth-order valence-electron chi connectivity index (χ4n) is 1.47. The smallest absolute Gasteiger partial charge is 0.254 e. The number of carbonyl (C=O) groups excluding carboxylic acids is 2. The maximum atomic E-state index is 13.4. The van der Waals surface area contributed by atoms with Crippen LogP contribution in [0.15, 0.2) is 18.2 Å². The highest BCUT2D eigenvalue weighted by Crippen LogP contribution is 2.14. The van der Waals surface area contributed by atoms with Crippen molar-refractivity contribution in [3.8, 4) is 0 Å². The van der Waals surface area contributed by atoms with Crippen molar-refractivity contribution in [2.24, 2.45) is 5.92 Å². The van der Waals surface area contributed by atoms with E-state index in [-0.39, 0.29) is 24.6 Å². The van der Waals surface area contributed by atoms with Gasteiger partial charge in [-0.25, -0.2) is 8.78 Å². The van der Waals surface area contributed by atoms with E-state index in [1.54, 1.807) is 6.92 Å². The van der Waals surface area contributed by atoms with Gasteiger partial charge in [-0.15, -0.1) is 0 Å². The van der Waals surface area contributed by atoms with Gasteiger partial charge in [-0.05, 0) is 25.0 Å². The van der Waals surface area contributed by atoms with Crippen LogP contribution >= 0.6 is 0 Å². The van der Waals surface area contributed by atoms with Crippen LogP contribution in [0.2, 0.25) is 0 Å². The van der Waals surface area contributed by atoms with Crippen LogP contribution in [-0.2, 0) is 4.79 Å². The minimum atomic E-state index is -1.07. The van der Waals surface area contributed by atoms with Crippen molar-refractivity contribution in [3.63, 3.8) is 0 Å². The van der Waals surface area contributed by atoms with E-state index in [9.17, 15) is 23.5 Å². The normalized spacial score (nSPS) is 13.6. The monoisotopic (exact) mass is 314 g/mol. The number of hydrogen-bond acceptors (Lipinski definition) is 3. The molecule has 0 aromatic heterocycles. The van der Waals surface area contributed by atoms with Gasteiger partial charge in [-0.2, -0.15) is 0 Å². The van der Waals surface area contributed by atoms with E-state index in [0.717, 1.165) is 12.1 Å². The van der Waals surface area contributed by atoms with Gasteiger partial charge in [0.15, 0.2) is 0 Å². The first-order valence-electron chi connectivity index (χ1n) is 6.86. The van der Waals surface area contributed by atoms with Gasteiger partial charge < -0.3 is 15.7 Å². The third-order valence-corrected chi connectivity index (χ3v) is 3.47. The molecule has 5 nitrogen and oxygen atoms in total. The molecular formula is C15H20F2N2O3. The van der Waals surface area contributed by atoms with Crippen LogP contribution in [0.1, 0.15) is 31.1 Å². The van der Waals surface area contributed by atoms with Crippen molar-refractivity contribution < 1.29 is 23.5 Å². The topological polar surface area (TPSA) is 78.4 Å². The molecule has 1 atom stereocenters. The van der Waals surface area contributed by atoms with Crippen LogP contribution < -0.4 is 10.6 Å². The number of hydrogen-bond donors (Lipinski definition) is 3. The minimum absolute atomic E-state index is 0.0320. The van der Waals surface area contributed by atoms with E-state index in [1.807, 2.05) is 13.8 Å². The van der Waals surface area contributed by atoms with E-state index in [4.69, 9.17) is 0 Å². The van der Waals surface area contributed by atoms with Gasteiger partial charge >= 0.3 is 0 Å². The van der Waals surface area contributed by atoms with Crippen molar-refractivity contribution >= 4 is 11.8 Å². The van der Waals surface area contributed by atoms with Crippen molar-refractivity contribution in [1.82, 2.24) is 10.6 Å². The lowest BCUT2D eigenvalue weighted by Crippen LogP contribution is -2.47. The molecule has 1 rings (SSSR count). The van der Waals surface area contributed by atoms with Gasteiger partial charge in [0, 0.05) is 12.6 Å². The third-order valence-electron chi connectivity index (χ3n) is 3.47. The van der Waals surface area contributed by atoms with E-state index < -0.39 is 29.0 Å². The standard InChI is InChI=1S/C15H20F2N2O3/c1-9(2)15(3,22)8-19-13(20)7-18-14(21)11-5-4-10(16)6-12(11)17/h4-6,9,22H,7-8H2,1-3H3,(H,18,21)(H,19,20). The number of carbonyl (C=O) groups is 2. The molecule has 0 aliphatic heterocycles. The van der Waals surface area contributed by atoms with E-state index in [1.165, 1.54) is 0 Å². The summed E-state index contributed by atoms with van der Waals surface area (Å²) in [5.74, 6) is -3.18. The summed E-state index contributed by atoms with van der Waals surface area (Å²) < 4.78 is 26.1. The molecular weight excluding hydrogens is 294 g/mol. The maximum absolute atomic E-state index is 13.4. The molecule has 3 N–H and O–H groups in total. The highest BCUT2D eigenvalue weighted by Gasteiger charge is 2.25. The SMILES string of the molecule is CC(C)C(C)(O)CNC(=O)CNC(=O)c1ccc(F)cc1F. The first-order chi connectivity index (χ1) is 10.1. The highest BCUT2D eigenvalue weighted by molar-refractivity contribution is 5.96. The molecule has 7 heteroatoms. The van der Waals surface area contributed by atoms with E-state index in [0.29, 0.717) is 6.07 Å². The van der Waals surface area contributed by atoms with Crippen LogP contribution in [0.3, 0.4) is 0 Å². The first kappa shape index (κ1) is 18.0. The van der Waals surface area contributed by atoms with Crippen molar-refractivity contribution in [1.29, 1.82) is 0 Å². The average Bonchev–Trinajstić information content (AvgIpc) is 2.42. The van der Waals surface area contributed by atoms with Gasteiger partial charge in [0.2, 0.25) is 5.91 Å². The molecule has 1 aromatic rings. The Bertz CT molecular complexity index is 560.